The molecule has 0 saturated heterocycles. The number of hydrogen-bond acceptors (Lipinski definition) is 4. The average Bonchev–Trinajstić information content (AvgIpc) is 2.87. The van der Waals surface area contributed by atoms with E-state index in [9.17, 15) is 4.79 Å². The van der Waals surface area contributed by atoms with Crippen molar-refractivity contribution in [2.75, 3.05) is 13.2 Å². The summed E-state index contributed by atoms with van der Waals surface area (Å²) in [6.07, 6.45) is 1.49. The second-order valence-electron chi connectivity index (χ2n) is 8.86. The first-order valence-corrected chi connectivity index (χ1v) is 12.2. The van der Waals surface area contributed by atoms with E-state index in [1.54, 1.807) is 0 Å². The van der Waals surface area contributed by atoms with Crippen molar-refractivity contribution in [3.8, 4) is 0 Å². The molecule has 0 atom stereocenters. The molecule has 1 heterocycles. The number of aliphatic carboxylic acids is 1. The zero-order valence-electron chi connectivity index (χ0n) is 20.5. The second-order valence-corrected chi connectivity index (χ2v) is 8.86. The van der Waals surface area contributed by atoms with E-state index >= 15 is 0 Å². The molecule has 6 nitrogen and oxygen atoms in total. The molecule has 0 aliphatic carbocycles. The molecule has 182 valence electrons. The first-order valence-electron chi connectivity index (χ1n) is 12.2. The van der Waals surface area contributed by atoms with Gasteiger partial charge in [0.15, 0.2) is 0 Å². The molecular formula is C29H33N3O3. The quantitative estimate of drug-likeness (QED) is 0.177. The van der Waals surface area contributed by atoms with Gasteiger partial charge in [-0.15, -0.1) is 0 Å². The molecule has 0 radical (unpaired) electrons. The Labute approximate surface area is 205 Å². The third-order valence-corrected chi connectivity index (χ3v) is 6.37. The number of nitrogens with one attached hydrogen (secondary N) is 1. The molecule has 2 N–H and O–H groups in total. The van der Waals surface area contributed by atoms with E-state index in [1.807, 2.05) is 12.1 Å². The van der Waals surface area contributed by atoms with Gasteiger partial charge in [0.25, 0.3) is 0 Å². The van der Waals surface area contributed by atoms with Gasteiger partial charge in [0, 0.05) is 30.3 Å². The summed E-state index contributed by atoms with van der Waals surface area (Å²) in [5.74, 6) is -0.824. The van der Waals surface area contributed by atoms with Crippen molar-refractivity contribution < 1.29 is 14.7 Å². The molecule has 0 aliphatic heterocycles. The molecule has 3 aromatic carbocycles. The van der Waals surface area contributed by atoms with Crippen LogP contribution in [0.15, 0.2) is 71.9 Å². The van der Waals surface area contributed by atoms with Crippen LogP contribution >= 0.6 is 0 Å². The van der Waals surface area contributed by atoms with Crippen molar-refractivity contribution in [2.24, 2.45) is 5.16 Å². The summed E-state index contributed by atoms with van der Waals surface area (Å²) in [5.41, 5.74) is 6.03. The molecular weight excluding hydrogens is 438 g/mol. The van der Waals surface area contributed by atoms with Crippen LogP contribution in [0.5, 0.6) is 0 Å². The molecule has 0 spiro atoms. The summed E-state index contributed by atoms with van der Waals surface area (Å²) >= 11 is 0. The number of para-hydroxylation sites is 1. The summed E-state index contributed by atoms with van der Waals surface area (Å²) in [6.45, 7) is 7.23. The Morgan fingerprint density at radius 1 is 0.971 bits per heavy atom. The van der Waals surface area contributed by atoms with Gasteiger partial charge in [0.05, 0.1) is 11.0 Å². The molecule has 1 aromatic heterocycles. The largest absolute Gasteiger partial charge is 0.481 e. The lowest BCUT2D eigenvalue weighted by molar-refractivity contribution is -0.137. The van der Waals surface area contributed by atoms with E-state index in [0.29, 0.717) is 6.42 Å². The van der Waals surface area contributed by atoms with Gasteiger partial charge in [-0.2, -0.15) is 0 Å². The maximum Gasteiger partial charge on any atom is 0.303 e. The maximum absolute atomic E-state index is 10.8. The number of nitrogens with zero attached hydrogens (tertiary/aromatic N) is 2. The standard InChI is InChI=1S/C29H33N3O3/c1-21-15-16-25-28(31-35-19-8-14-27(33)34)24-12-6-7-13-26(24)32(29(25)22(21)2)18-9-17-30-20-23-10-4-3-5-11-23/h3-7,10-13,15-16,30H,8-9,14,17-20H2,1-2H3,(H,33,34). The highest BCUT2D eigenvalue weighted by molar-refractivity contribution is 5.95. The van der Waals surface area contributed by atoms with E-state index in [0.717, 1.165) is 47.7 Å². The van der Waals surface area contributed by atoms with Crippen molar-refractivity contribution in [3.63, 3.8) is 0 Å². The number of pyridine rings is 1. The van der Waals surface area contributed by atoms with Crippen molar-refractivity contribution in [3.05, 3.63) is 88.8 Å². The number of aryl methyl sites for hydroxylation is 3. The lowest BCUT2D eigenvalue weighted by Gasteiger charge is -2.19. The molecule has 35 heavy (non-hydrogen) atoms. The number of fused-ring (bicyclic) bond motifs is 2. The Morgan fingerprint density at radius 3 is 2.54 bits per heavy atom. The van der Waals surface area contributed by atoms with Crippen molar-refractivity contribution in [1.29, 1.82) is 0 Å². The van der Waals surface area contributed by atoms with E-state index in [-0.39, 0.29) is 13.0 Å². The highest BCUT2D eigenvalue weighted by atomic mass is 16.6. The van der Waals surface area contributed by atoms with Gasteiger partial charge in [-0.3, -0.25) is 4.79 Å². The van der Waals surface area contributed by atoms with Crippen LogP contribution in [0, 0.1) is 13.8 Å². The Kier molecular flexibility index (Phi) is 8.16. The van der Waals surface area contributed by atoms with Crippen LogP contribution in [0.1, 0.15) is 36.0 Å². The number of carboxylic acid groups (broad SMARTS) is 1. The Hall–Kier alpha value is -3.64. The van der Waals surface area contributed by atoms with Gasteiger partial charge in [-0.05, 0) is 56.0 Å². The highest BCUT2D eigenvalue weighted by Crippen LogP contribution is 2.25. The maximum atomic E-state index is 10.8. The topological polar surface area (TPSA) is 75.8 Å². The van der Waals surface area contributed by atoms with Crippen molar-refractivity contribution in [2.45, 2.75) is 46.2 Å². The molecule has 4 aromatic rings. The van der Waals surface area contributed by atoms with E-state index in [1.165, 1.54) is 22.2 Å². The fourth-order valence-corrected chi connectivity index (χ4v) is 4.43. The van der Waals surface area contributed by atoms with E-state index < -0.39 is 5.97 Å². The van der Waals surface area contributed by atoms with Crippen LogP contribution in [-0.2, 0) is 22.7 Å². The normalized spacial score (nSPS) is 11.9. The molecule has 6 heteroatoms. The molecule has 0 fully saturated rings. The number of carbonyl (C=O) groups is 1. The van der Waals surface area contributed by atoms with Crippen LogP contribution in [0.25, 0.3) is 21.8 Å². The van der Waals surface area contributed by atoms with Crippen LogP contribution in [0.2, 0.25) is 0 Å². The van der Waals surface area contributed by atoms with Gasteiger partial charge in [0.2, 0.25) is 0 Å². The molecule has 0 bridgehead atoms. The monoisotopic (exact) mass is 471 g/mol. The van der Waals surface area contributed by atoms with Crippen LogP contribution in [0.3, 0.4) is 0 Å². The third-order valence-electron chi connectivity index (χ3n) is 6.37. The summed E-state index contributed by atoms with van der Waals surface area (Å²) in [7, 11) is 0. The summed E-state index contributed by atoms with van der Waals surface area (Å²) in [4.78, 5) is 16.4. The first kappa shape index (κ1) is 24.5. The predicted molar refractivity (Wildman–Crippen MR) is 140 cm³/mol. The fraction of sp³-hybridized carbons (Fsp3) is 0.310. The van der Waals surface area contributed by atoms with Gasteiger partial charge in [-0.1, -0.05) is 65.8 Å². The van der Waals surface area contributed by atoms with Crippen LogP contribution < -0.4 is 10.7 Å². The van der Waals surface area contributed by atoms with Crippen LogP contribution in [-0.4, -0.2) is 28.8 Å². The van der Waals surface area contributed by atoms with Crippen LogP contribution in [0.4, 0.5) is 0 Å². The van der Waals surface area contributed by atoms with Crippen molar-refractivity contribution in [1.82, 2.24) is 9.88 Å². The Balaban J connectivity index is 1.65. The fourth-order valence-electron chi connectivity index (χ4n) is 4.43. The summed E-state index contributed by atoms with van der Waals surface area (Å²) in [6, 6.07) is 23.0. The van der Waals surface area contributed by atoms with Gasteiger partial charge in [0.1, 0.15) is 12.0 Å². The minimum absolute atomic E-state index is 0.0718. The van der Waals surface area contributed by atoms with Crippen molar-refractivity contribution >= 4 is 27.8 Å². The lowest BCUT2D eigenvalue weighted by atomic mass is 10.0. The zero-order valence-corrected chi connectivity index (χ0v) is 20.5. The zero-order chi connectivity index (χ0) is 24.6. The third kappa shape index (κ3) is 5.89. The lowest BCUT2D eigenvalue weighted by Crippen LogP contribution is -2.19. The molecule has 0 unspecified atom stereocenters. The Morgan fingerprint density at radius 2 is 1.74 bits per heavy atom. The number of carboxylic acids is 1. The molecule has 4 rings (SSSR count). The average molecular weight is 472 g/mol. The molecule has 0 aliphatic rings. The number of rotatable bonds is 11. The Bertz CT molecular complexity index is 1380. The number of benzene rings is 3. The van der Waals surface area contributed by atoms with E-state index in [4.69, 9.17) is 9.94 Å². The SMILES string of the molecule is Cc1ccc2c(=NOCCCC(=O)O)c3ccccc3n(CCCNCc3ccccc3)c2c1C. The van der Waals surface area contributed by atoms with Gasteiger partial charge < -0.3 is 19.8 Å². The van der Waals surface area contributed by atoms with E-state index in [2.05, 4.69) is 83.5 Å². The second kappa shape index (κ2) is 11.7. The summed E-state index contributed by atoms with van der Waals surface area (Å²) in [5, 5.41) is 19.8. The number of hydrogen-bond donors (Lipinski definition) is 2. The smallest absolute Gasteiger partial charge is 0.303 e. The minimum atomic E-state index is -0.824. The number of aromatic nitrogens is 1. The molecule has 0 saturated carbocycles. The predicted octanol–water partition coefficient (Wildman–Crippen LogP) is 5.29. The molecule has 0 amide bonds. The van der Waals surface area contributed by atoms with Gasteiger partial charge >= 0.3 is 5.97 Å². The highest BCUT2D eigenvalue weighted by Gasteiger charge is 2.13. The van der Waals surface area contributed by atoms with Gasteiger partial charge in [-0.25, -0.2) is 0 Å². The first-order chi connectivity index (χ1) is 17.1. The minimum Gasteiger partial charge on any atom is -0.481 e. The summed E-state index contributed by atoms with van der Waals surface area (Å²) < 4.78 is 2.40.